The summed E-state index contributed by atoms with van der Waals surface area (Å²) in [6, 6.07) is 6.59. The molecule has 0 fully saturated rings. The molecule has 1 aromatic carbocycles. The van der Waals surface area contributed by atoms with Crippen molar-refractivity contribution < 1.29 is 19.8 Å². The zero-order chi connectivity index (χ0) is 13.5. The number of aliphatic hydroxyl groups is 1. The van der Waals surface area contributed by atoms with E-state index in [1.165, 1.54) is 0 Å². The van der Waals surface area contributed by atoms with Crippen molar-refractivity contribution in [1.29, 1.82) is 0 Å². The summed E-state index contributed by atoms with van der Waals surface area (Å²) in [6.45, 7) is 0.0767. The van der Waals surface area contributed by atoms with Crippen LogP contribution in [-0.2, 0) is 4.79 Å². The lowest BCUT2D eigenvalue weighted by Gasteiger charge is -2.09. The second-order valence-corrected chi connectivity index (χ2v) is 4.45. The smallest absolute Gasteiger partial charge is 0.332 e. The molecule has 0 spiro atoms. The first-order chi connectivity index (χ1) is 8.49. The maximum atomic E-state index is 11.4. The largest absolute Gasteiger partial charge is 0.479 e. The third-order valence-electron chi connectivity index (χ3n) is 2.07. The minimum atomic E-state index is -1.46. The van der Waals surface area contributed by atoms with Crippen LogP contribution in [-0.4, -0.2) is 34.9 Å². The van der Waals surface area contributed by atoms with E-state index in [-0.39, 0.29) is 13.0 Å². The molecule has 98 valence electrons. The van der Waals surface area contributed by atoms with Crippen LogP contribution in [0.2, 0.25) is 0 Å². The number of halogens is 1. The Balaban J connectivity index is 2.32. The number of carbonyl (C=O) groups excluding carboxylic acids is 1. The number of aliphatic carboxylic acids is 1. The topological polar surface area (TPSA) is 98.7 Å². The van der Waals surface area contributed by atoms with E-state index < -0.39 is 18.1 Å². The summed E-state index contributed by atoms with van der Waals surface area (Å²) in [4.78, 5) is 21.7. The molecule has 0 unspecified atom stereocenters. The van der Waals surface area contributed by atoms with Gasteiger partial charge in [0, 0.05) is 23.1 Å². The van der Waals surface area contributed by atoms with Crippen LogP contribution < -0.4 is 10.6 Å². The summed E-state index contributed by atoms with van der Waals surface area (Å²) in [5, 5.41) is 22.4. The number of aliphatic hydroxyl groups excluding tert-OH is 1. The molecule has 6 nitrogen and oxygen atoms in total. The lowest BCUT2D eigenvalue weighted by molar-refractivity contribution is -0.146. The van der Waals surface area contributed by atoms with Crippen LogP contribution in [0.3, 0.4) is 0 Å². The predicted molar refractivity (Wildman–Crippen MR) is 69.4 cm³/mol. The van der Waals surface area contributed by atoms with E-state index in [1.807, 2.05) is 6.07 Å². The second kappa shape index (κ2) is 6.97. The van der Waals surface area contributed by atoms with Crippen molar-refractivity contribution in [3.05, 3.63) is 28.7 Å². The van der Waals surface area contributed by atoms with Gasteiger partial charge in [0.15, 0.2) is 6.10 Å². The maximum absolute atomic E-state index is 11.4. The number of anilines is 1. The highest BCUT2D eigenvalue weighted by Gasteiger charge is 2.12. The van der Waals surface area contributed by atoms with Crippen LogP contribution in [0.25, 0.3) is 0 Å². The molecule has 2 amide bonds. The second-order valence-electron chi connectivity index (χ2n) is 3.53. The number of amides is 2. The Bertz CT molecular complexity index is 439. The van der Waals surface area contributed by atoms with Crippen molar-refractivity contribution in [2.24, 2.45) is 0 Å². The number of carboxylic acids is 1. The average Bonchev–Trinajstić information content (AvgIpc) is 2.28. The molecule has 0 aromatic heterocycles. The van der Waals surface area contributed by atoms with Gasteiger partial charge in [0.05, 0.1) is 0 Å². The van der Waals surface area contributed by atoms with Gasteiger partial charge in [-0.2, -0.15) is 0 Å². The number of rotatable bonds is 5. The fourth-order valence-corrected chi connectivity index (χ4v) is 1.59. The van der Waals surface area contributed by atoms with Crippen LogP contribution in [0.1, 0.15) is 6.42 Å². The zero-order valence-electron chi connectivity index (χ0n) is 9.39. The summed E-state index contributed by atoms with van der Waals surface area (Å²) < 4.78 is 0.835. The van der Waals surface area contributed by atoms with Gasteiger partial charge in [-0.3, -0.25) is 0 Å². The van der Waals surface area contributed by atoms with E-state index in [9.17, 15) is 9.59 Å². The number of carboxylic acid groups (broad SMARTS) is 1. The first-order valence-corrected chi connectivity index (χ1v) is 5.99. The Morgan fingerprint density at radius 3 is 2.72 bits per heavy atom. The Hall–Kier alpha value is -1.60. The van der Waals surface area contributed by atoms with Crippen LogP contribution in [0.5, 0.6) is 0 Å². The molecule has 4 N–H and O–H groups in total. The zero-order valence-corrected chi connectivity index (χ0v) is 11.0. The van der Waals surface area contributed by atoms with Gasteiger partial charge < -0.3 is 20.8 Å². The summed E-state index contributed by atoms with van der Waals surface area (Å²) >= 11 is 3.27. The molecule has 0 bridgehead atoms. The van der Waals surface area contributed by atoms with Crippen LogP contribution in [0.4, 0.5) is 10.5 Å². The van der Waals surface area contributed by atoms with E-state index in [0.717, 1.165) is 4.47 Å². The van der Waals surface area contributed by atoms with Gasteiger partial charge in [-0.25, -0.2) is 9.59 Å². The number of hydrogen-bond acceptors (Lipinski definition) is 3. The van der Waals surface area contributed by atoms with Crippen molar-refractivity contribution in [3.8, 4) is 0 Å². The van der Waals surface area contributed by atoms with Gasteiger partial charge in [-0.05, 0) is 18.2 Å². The first-order valence-electron chi connectivity index (χ1n) is 5.20. The lowest BCUT2D eigenvalue weighted by atomic mass is 10.2. The van der Waals surface area contributed by atoms with Crippen molar-refractivity contribution in [1.82, 2.24) is 5.32 Å². The van der Waals surface area contributed by atoms with Crippen LogP contribution in [0.15, 0.2) is 28.7 Å². The van der Waals surface area contributed by atoms with Crippen molar-refractivity contribution in [3.63, 3.8) is 0 Å². The van der Waals surface area contributed by atoms with Crippen LogP contribution in [0, 0.1) is 0 Å². The minimum Gasteiger partial charge on any atom is -0.479 e. The molecule has 1 aromatic rings. The van der Waals surface area contributed by atoms with E-state index in [1.54, 1.807) is 18.2 Å². The highest BCUT2D eigenvalue weighted by Crippen LogP contribution is 2.15. The normalized spacial score (nSPS) is 11.7. The molecule has 0 saturated heterocycles. The van der Waals surface area contributed by atoms with Gasteiger partial charge in [-0.1, -0.05) is 22.0 Å². The number of nitrogens with one attached hydrogen (secondary N) is 2. The average molecular weight is 317 g/mol. The number of carbonyl (C=O) groups is 2. The molecule has 18 heavy (non-hydrogen) atoms. The SMILES string of the molecule is O=C(NCC[C@H](O)C(=O)O)Nc1cccc(Br)c1. The maximum Gasteiger partial charge on any atom is 0.332 e. The van der Waals surface area contributed by atoms with Crippen molar-refractivity contribution in [2.45, 2.75) is 12.5 Å². The Morgan fingerprint density at radius 1 is 1.39 bits per heavy atom. The van der Waals surface area contributed by atoms with Gasteiger partial charge in [0.1, 0.15) is 0 Å². The third kappa shape index (κ3) is 5.15. The fraction of sp³-hybridized carbons (Fsp3) is 0.273. The molecule has 0 heterocycles. The molecule has 0 aliphatic heterocycles. The monoisotopic (exact) mass is 316 g/mol. The van der Waals surface area contributed by atoms with Gasteiger partial charge in [0.2, 0.25) is 0 Å². The Morgan fingerprint density at radius 2 is 2.11 bits per heavy atom. The van der Waals surface area contributed by atoms with Crippen molar-refractivity contribution in [2.75, 3.05) is 11.9 Å². The van der Waals surface area contributed by atoms with E-state index in [4.69, 9.17) is 10.2 Å². The van der Waals surface area contributed by atoms with Gasteiger partial charge >= 0.3 is 12.0 Å². The first kappa shape index (κ1) is 14.5. The van der Waals surface area contributed by atoms with E-state index in [2.05, 4.69) is 26.6 Å². The quantitative estimate of drug-likeness (QED) is 0.660. The van der Waals surface area contributed by atoms with Gasteiger partial charge in [-0.15, -0.1) is 0 Å². The number of urea groups is 1. The molecular formula is C11H13BrN2O4. The number of benzene rings is 1. The summed E-state index contributed by atoms with van der Waals surface area (Å²) in [7, 11) is 0. The Kier molecular flexibility index (Phi) is 5.60. The van der Waals surface area contributed by atoms with Crippen molar-refractivity contribution >= 4 is 33.6 Å². The minimum absolute atomic E-state index is 0.0404. The predicted octanol–water partition coefficient (Wildman–Crippen LogP) is 1.41. The summed E-state index contributed by atoms with van der Waals surface area (Å²) in [5.74, 6) is -1.30. The molecule has 0 radical (unpaired) electrons. The molecule has 1 rings (SSSR count). The van der Waals surface area contributed by atoms with E-state index in [0.29, 0.717) is 5.69 Å². The van der Waals surface area contributed by atoms with E-state index >= 15 is 0 Å². The molecule has 0 aliphatic rings. The molecule has 7 heteroatoms. The van der Waals surface area contributed by atoms with Crippen LogP contribution >= 0.6 is 15.9 Å². The molecule has 1 atom stereocenters. The number of hydrogen-bond donors (Lipinski definition) is 4. The molecule has 0 saturated carbocycles. The highest BCUT2D eigenvalue weighted by atomic mass is 79.9. The summed E-state index contributed by atoms with van der Waals surface area (Å²) in [6.07, 6.45) is -1.50. The molecular weight excluding hydrogens is 304 g/mol. The van der Waals surface area contributed by atoms with Gasteiger partial charge in [0.25, 0.3) is 0 Å². The summed E-state index contributed by atoms with van der Waals surface area (Å²) in [5.41, 5.74) is 0.612. The lowest BCUT2D eigenvalue weighted by Crippen LogP contribution is -2.33. The fourth-order valence-electron chi connectivity index (χ4n) is 1.19. The third-order valence-corrected chi connectivity index (χ3v) is 2.56. The standard InChI is InChI=1S/C11H13BrN2O4/c12-7-2-1-3-8(6-7)14-11(18)13-5-4-9(15)10(16)17/h1-3,6,9,15H,4-5H2,(H,16,17)(H2,13,14,18)/t9-/m0/s1. The molecule has 0 aliphatic carbocycles. The Labute approximate surface area is 112 Å². The highest BCUT2D eigenvalue weighted by molar-refractivity contribution is 9.10.